The van der Waals surface area contributed by atoms with Crippen LogP contribution >= 0.6 is 27.5 Å². The van der Waals surface area contributed by atoms with Gasteiger partial charge in [-0.05, 0) is 28.1 Å². The van der Waals surface area contributed by atoms with Gasteiger partial charge in [0.15, 0.2) is 0 Å². The van der Waals surface area contributed by atoms with Crippen LogP contribution < -0.4 is 5.73 Å². The third kappa shape index (κ3) is 1.47. The normalized spacial score (nSPS) is 9.18. The fourth-order valence-corrected chi connectivity index (χ4v) is 1.17. The van der Waals surface area contributed by atoms with Crippen molar-refractivity contribution >= 4 is 33.2 Å². The van der Waals surface area contributed by atoms with Gasteiger partial charge in [0.2, 0.25) is 0 Å². The molecule has 56 valence electrons. The Morgan fingerprint density at radius 1 is 1.55 bits per heavy atom. The van der Waals surface area contributed by atoms with Crippen LogP contribution in [0.25, 0.3) is 0 Å². The molecule has 0 aliphatic carbocycles. The minimum atomic E-state index is 0.323. The first-order valence-corrected chi connectivity index (χ1v) is 3.97. The minimum absolute atomic E-state index is 0.323. The van der Waals surface area contributed by atoms with E-state index in [1.807, 2.05) is 6.07 Å². The number of rotatable bonds is 0. The second kappa shape index (κ2) is 3.12. The van der Waals surface area contributed by atoms with Gasteiger partial charge in [-0.2, -0.15) is 5.26 Å². The number of nitriles is 1. The highest BCUT2D eigenvalue weighted by Crippen LogP contribution is 2.30. The maximum atomic E-state index is 8.53. The second-order valence-electron chi connectivity index (χ2n) is 1.93. The van der Waals surface area contributed by atoms with Gasteiger partial charge in [-0.25, -0.2) is 0 Å². The summed E-state index contributed by atoms with van der Waals surface area (Å²) in [7, 11) is 0. The highest BCUT2D eigenvalue weighted by atomic mass is 79.9. The van der Waals surface area contributed by atoms with Crippen molar-refractivity contribution < 1.29 is 0 Å². The molecule has 0 aliphatic rings. The Kier molecular flexibility index (Phi) is 2.38. The molecule has 4 heteroatoms. The molecule has 0 heterocycles. The van der Waals surface area contributed by atoms with E-state index in [0.717, 1.165) is 0 Å². The Hall–Kier alpha value is -0.720. The zero-order chi connectivity index (χ0) is 8.43. The number of hydrogen-bond donors (Lipinski definition) is 1. The lowest BCUT2D eigenvalue weighted by atomic mass is 10.2. The summed E-state index contributed by atoms with van der Waals surface area (Å²) < 4.78 is 0.704. The first-order valence-electron chi connectivity index (χ1n) is 2.80. The molecule has 0 saturated heterocycles. The summed E-state index contributed by atoms with van der Waals surface area (Å²) >= 11 is 8.93. The molecular weight excluding hydrogens is 227 g/mol. The number of anilines is 1. The molecule has 0 saturated carbocycles. The summed E-state index contributed by atoms with van der Waals surface area (Å²) in [4.78, 5) is 0. The van der Waals surface area contributed by atoms with Crippen LogP contribution in [0.15, 0.2) is 16.6 Å². The van der Waals surface area contributed by atoms with Crippen LogP contribution in [-0.2, 0) is 0 Å². The molecule has 0 aromatic heterocycles. The molecular formula is C7H4BrClN2. The largest absolute Gasteiger partial charge is 0.396 e. The van der Waals surface area contributed by atoms with Crippen LogP contribution in [0.2, 0.25) is 5.02 Å². The summed E-state index contributed by atoms with van der Waals surface area (Å²) in [5, 5.41) is 8.92. The lowest BCUT2D eigenvalue weighted by molar-refractivity contribution is 1.48. The van der Waals surface area contributed by atoms with Crippen molar-refractivity contribution in [2.24, 2.45) is 0 Å². The van der Waals surface area contributed by atoms with Crippen LogP contribution in [0.1, 0.15) is 5.56 Å². The molecule has 2 N–H and O–H groups in total. The van der Waals surface area contributed by atoms with E-state index in [1.165, 1.54) is 0 Å². The fourth-order valence-electron chi connectivity index (χ4n) is 0.664. The highest BCUT2D eigenvalue weighted by Gasteiger charge is 2.05. The van der Waals surface area contributed by atoms with Crippen LogP contribution in [-0.4, -0.2) is 0 Å². The molecule has 0 spiro atoms. The predicted octanol–water partition coefficient (Wildman–Crippen LogP) is 2.56. The number of benzene rings is 1. The lowest BCUT2D eigenvalue weighted by Crippen LogP contribution is -1.91. The Morgan fingerprint density at radius 2 is 2.18 bits per heavy atom. The average molecular weight is 231 g/mol. The van der Waals surface area contributed by atoms with E-state index in [-0.39, 0.29) is 0 Å². The lowest BCUT2D eigenvalue weighted by Gasteiger charge is -2.00. The second-order valence-corrected chi connectivity index (χ2v) is 3.17. The van der Waals surface area contributed by atoms with E-state index in [0.29, 0.717) is 20.7 Å². The van der Waals surface area contributed by atoms with Gasteiger partial charge < -0.3 is 5.73 Å². The molecule has 11 heavy (non-hydrogen) atoms. The van der Waals surface area contributed by atoms with Gasteiger partial charge in [0.05, 0.1) is 16.3 Å². The zero-order valence-corrected chi connectivity index (χ0v) is 7.78. The molecule has 0 unspecified atom stereocenters. The number of hydrogen-bond acceptors (Lipinski definition) is 2. The van der Waals surface area contributed by atoms with Crippen molar-refractivity contribution in [1.82, 2.24) is 0 Å². The summed E-state index contributed by atoms with van der Waals surface area (Å²) in [5.74, 6) is 0. The third-order valence-electron chi connectivity index (χ3n) is 1.25. The van der Waals surface area contributed by atoms with Crippen LogP contribution in [0, 0.1) is 11.3 Å². The van der Waals surface area contributed by atoms with E-state index >= 15 is 0 Å². The van der Waals surface area contributed by atoms with Gasteiger partial charge in [0.25, 0.3) is 0 Å². The standard InChI is InChI=1S/C7H4BrClN2/c8-5-2-1-4(3-10)7(11)6(5)9/h1-2H,11H2. The Bertz CT molecular complexity index is 330. The minimum Gasteiger partial charge on any atom is -0.396 e. The van der Waals surface area contributed by atoms with Gasteiger partial charge in [0.1, 0.15) is 6.07 Å². The highest BCUT2D eigenvalue weighted by molar-refractivity contribution is 9.10. The van der Waals surface area contributed by atoms with Crippen LogP contribution in [0.5, 0.6) is 0 Å². The summed E-state index contributed by atoms with van der Waals surface area (Å²) in [6.45, 7) is 0. The van der Waals surface area contributed by atoms with Crippen molar-refractivity contribution in [3.05, 3.63) is 27.2 Å². The van der Waals surface area contributed by atoms with Gasteiger partial charge in [-0.3, -0.25) is 0 Å². The van der Waals surface area contributed by atoms with Gasteiger partial charge in [0, 0.05) is 4.47 Å². The molecule has 1 rings (SSSR count). The van der Waals surface area contributed by atoms with Gasteiger partial charge in [-0.1, -0.05) is 11.6 Å². The van der Waals surface area contributed by atoms with Crippen molar-refractivity contribution in [3.63, 3.8) is 0 Å². The van der Waals surface area contributed by atoms with Crippen molar-refractivity contribution in [3.8, 4) is 6.07 Å². The zero-order valence-electron chi connectivity index (χ0n) is 5.44. The number of nitrogens with zero attached hydrogens (tertiary/aromatic N) is 1. The number of halogens is 2. The molecule has 0 aliphatic heterocycles. The van der Waals surface area contributed by atoms with Gasteiger partial charge in [-0.15, -0.1) is 0 Å². The molecule has 0 atom stereocenters. The van der Waals surface area contributed by atoms with E-state index in [4.69, 9.17) is 22.6 Å². The molecule has 0 radical (unpaired) electrons. The molecule has 2 nitrogen and oxygen atoms in total. The van der Waals surface area contributed by atoms with E-state index in [2.05, 4.69) is 15.9 Å². The number of nitrogens with two attached hydrogens (primary N) is 1. The van der Waals surface area contributed by atoms with Gasteiger partial charge >= 0.3 is 0 Å². The predicted molar refractivity (Wildman–Crippen MR) is 48.3 cm³/mol. The van der Waals surface area contributed by atoms with Crippen molar-refractivity contribution in [1.29, 1.82) is 5.26 Å². The first kappa shape index (κ1) is 8.38. The van der Waals surface area contributed by atoms with E-state index < -0.39 is 0 Å². The molecule has 0 amide bonds. The molecule has 1 aromatic carbocycles. The Labute approximate surface area is 77.7 Å². The smallest absolute Gasteiger partial charge is 0.101 e. The van der Waals surface area contributed by atoms with E-state index in [9.17, 15) is 0 Å². The van der Waals surface area contributed by atoms with Crippen molar-refractivity contribution in [2.75, 3.05) is 5.73 Å². The molecule has 1 aromatic rings. The SMILES string of the molecule is N#Cc1ccc(Br)c(Cl)c1N. The molecule has 0 fully saturated rings. The van der Waals surface area contributed by atoms with Crippen LogP contribution in [0.3, 0.4) is 0 Å². The van der Waals surface area contributed by atoms with Crippen LogP contribution in [0.4, 0.5) is 5.69 Å². The first-order chi connectivity index (χ1) is 5.16. The Morgan fingerprint density at radius 3 is 2.73 bits per heavy atom. The summed E-state index contributed by atoms with van der Waals surface area (Å²) in [6, 6.07) is 5.24. The summed E-state index contributed by atoms with van der Waals surface area (Å²) in [6.07, 6.45) is 0. The third-order valence-corrected chi connectivity index (χ3v) is 2.55. The maximum absolute atomic E-state index is 8.53. The fraction of sp³-hybridized carbons (Fsp3) is 0. The van der Waals surface area contributed by atoms with E-state index in [1.54, 1.807) is 12.1 Å². The quantitative estimate of drug-likeness (QED) is 0.698. The topological polar surface area (TPSA) is 49.8 Å². The number of nitrogen functional groups attached to an aromatic ring is 1. The molecule has 0 bridgehead atoms. The van der Waals surface area contributed by atoms with Crippen molar-refractivity contribution in [2.45, 2.75) is 0 Å². The monoisotopic (exact) mass is 230 g/mol. The Balaban J connectivity index is 3.40. The maximum Gasteiger partial charge on any atom is 0.101 e. The average Bonchev–Trinajstić information content (AvgIpc) is 2.01. The summed E-state index contributed by atoms with van der Waals surface area (Å²) in [5.41, 5.74) is 6.23.